The van der Waals surface area contributed by atoms with E-state index in [9.17, 15) is 18.0 Å². The topological polar surface area (TPSA) is 38.3 Å². The first-order chi connectivity index (χ1) is 6.84. The van der Waals surface area contributed by atoms with Crippen molar-refractivity contribution < 1.29 is 22.7 Å². The van der Waals surface area contributed by atoms with Gasteiger partial charge in [0.15, 0.2) is 0 Å². The van der Waals surface area contributed by atoms with Gasteiger partial charge < -0.3 is 10.1 Å². The van der Waals surface area contributed by atoms with Crippen LogP contribution in [0.15, 0.2) is 0 Å². The Labute approximate surface area is 87.0 Å². The summed E-state index contributed by atoms with van der Waals surface area (Å²) >= 11 is 0. The number of carbonyl (C=O) groups excluding carboxylic acids is 1. The Morgan fingerprint density at radius 2 is 2.00 bits per heavy atom. The molecule has 0 saturated carbocycles. The van der Waals surface area contributed by atoms with Crippen molar-refractivity contribution in [2.24, 2.45) is 5.92 Å². The fourth-order valence-corrected chi connectivity index (χ4v) is 0.795. The van der Waals surface area contributed by atoms with Gasteiger partial charge in [0.25, 0.3) is 0 Å². The van der Waals surface area contributed by atoms with E-state index in [0.717, 1.165) is 0 Å². The van der Waals surface area contributed by atoms with Gasteiger partial charge in [-0.1, -0.05) is 13.8 Å². The fourth-order valence-electron chi connectivity index (χ4n) is 0.795. The Morgan fingerprint density at radius 1 is 1.40 bits per heavy atom. The van der Waals surface area contributed by atoms with E-state index in [2.05, 4.69) is 0 Å². The number of nitrogens with one attached hydrogen (secondary N) is 1. The molecule has 15 heavy (non-hydrogen) atoms. The molecule has 3 nitrogen and oxygen atoms in total. The van der Waals surface area contributed by atoms with Gasteiger partial charge in [-0.2, -0.15) is 13.2 Å². The van der Waals surface area contributed by atoms with Gasteiger partial charge >= 0.3 is 12.1 Å². The molecule has 0 saturated heterocycles. The van der Waals surface area contributed by atoms with Gasteiger partial charge in [0.2, 0.25) is 0 Å². The number of amides is 1. The van der Waals surface area contributed by atoms with Gasteiger partial charge in [-0.3, -0.25) is 4.79 Å². The Balaban J connectivity index is 3.36. The minimum Gasteiger partial charge on any atom is -0.381 e. The van der Waals surface area contributed by atoms with Crippen LogP contribution in [0.2, 0.25) is 0 Å². The van der Waals surface area contributed by atoms with Crippen molar-refractivity contribution >= 4 is 5.91 Å². The first kappa shape index (κ1) is 14.2. The van der Waals surface area contributed by atoms with Crippen molar-refractivity contribution in [2.75, 3.05) is 19.8 Å². The maximum Gasteiger partial charge on any atom is 0.471 e. The molecule has 0 aromatic rings. The molecule has 90 valence electrons. The van der Waals surface area contributed by atoms with E-state index in [1.54, 1.807) is 5.32 Å². The van der Waals surface area contributed by atoms with E-state index in [1.807, 2.05) is 13.8 Å². The van der Waals surface area contributed by atoms with E-state index in [0.29, 0.717) is 25.6 Å². The van der Waals surface area contributed by atoms with Crippen molar-refractivity contribution in [1.29, 1.82) is 0 Å². The van der Waals surface area contributed by atoms with Gasteiger partial charge in [0.1, 0.15) is 0 Å². The molecule has 0 bridgehead atoms. The quantitative estimate of drug-likeness (QED) is 0.702. The van der Waals surface area contributed by atoms with Crippen molar-refractivity contribution in [3.63, 3.8) is 0 Å². The Bertz CT molecular complexity index is 192. The number of ether oxygens (including phenoxy) is 1. The maximum absolute atomic E-state index is 11.7. The van der Waals surface area contributed by atoms with Crippen molar-refractivity contribution in [3.05, 3.63) is 0 Å². The van der Waals surface area contributed by atoms with Crippen LogP contribution in [0.3, 0.4) is 0 Å². The van der Waals surface area contributed by atoms with E-state index in [-0.39, 0.29) is 6.54 Å². The summed E-state index contributed by atoms with van der Waals surface area (Å²) < 4.78 is 40.2. The molecule has 0 aliphatic heterocycles. The summed E-state index contributed by atoms with van der Waals surface area (Å²) in [6.07, 6.45) is -4.41. The number of rotatable bonds is 6. The average molecular weight is 227 g/mol. The Morgan fingerprint density at radius 3 is 2.47 bits per heavy atom. The highest BCUT2D eigenvalue weighted by Crippen LogP contribution is 2.13. The molecule has 0 aliphatic rings. The minimum absolute atomic E-state index is 0.0174. The van der Waals surface area contributed by atoms with Gasteiger partial charge in [-0.15, -0.1) is 0 Å². The van der Waals surface area contributed by atoms with Crippen LogP contribution in [0.5, 0.6) is 0 Å². The first-order valence-corrected chi connectivity index (χ1v) is 4.76. The third-order valence-corrected chi connectivity index (χ3v) is 1.46. The zero-order valence-corrected chi connectivity index (χ0v) is 8.86. The molecular formula is C9H16F3NO2. The molecular weight excluding hydrogens is 211 g/mol. The van der Waals surface area contributed by atoms with Crippen molar-refractivity contribution in [2.45, 2.75) is 26.4 Å². The normalized spacial score (nSPS) is 11.9. The molecule has 1 N–H and O–H groups in total. The SMILES string of the molecule is CC(C)COCCCNC(=O)C(F)(F)F. The predicted molar refractivity (Wildman–Crippen MR) is 49.3 cm³/mol. The van der Waals surface area contributed by atoms with Crippen molar-refractivity contribution in [3.8, 4) is 0 Å². The second-order valence-electron chi connectivity index (χ2n) is 3.58. The molecule has 0 aromatic carbocycles. The number of halogens is 3. The van der Waals surface area contributed by atoms with Crippen LogP contribution in [-0.2, 0) is 9.53 Å². The molecule has 0 spiro atoms. The van der Waals surface area contributed by atoms with Crippen LogP contribution in [0.1, 0.15) is 20.3 Å². The second kappa shape index (κ2) is 6.66. The zero-order chi connectivity index (χ0) is 11.9. The average Bonchev–Trinajstić information content (AvgIpc) is 2.08. The van der Waals surface area contributed by atoms with Gasteiger partial charge in [0, 0.05) is 19.8 Å². The summed E-state index contributed by atoms with van der Waals surface area (Å²) in [5.74, 6) is -1.50. The highest BCUT2D eigenvalue weighted by atomic mass is 19.4. The number of alkyl halides is 3. The highest BCUT2D eigenvalue weighted by Gasteiger charge is 2.38. The van der Waals surface area contributed by atoms with Gasteiger partial charge in [-0.25, -0.2) is 0 Å². The van der Waals surface area contributed by atoms with E-state index >= 15 is 0 Å². The summed E-state index contributed by atoms with van der Waals surface area (Å²) in [6, 6.07) is 0. The van der Waals surface area contributed by atoms with Crippen LogP contribution in [0.25, 0.3) is 0 Å². The molecule has 0 aromatic heterocycles. The van der Waals surface area contributed by atoms with Crippen LogP contribution < -0.4 is 5.32 Å². The molecule has 0 atom stereocenters. The number of hydrogen-bond donors (Lipinski definition) is 1. The monoisotopic (exact) mass is 227 g/mol. The Kier molecular flexibility index (Phi) is 6.31. The number of carbonyl (C=O) groups is 1. The third kappa shape index (κ3) is 8.23. The van der Waals surface area contributed by atoms with E-state index in [4.69, 9.17) is 4.74 Å². The molecule has 0 aliphatic carbocycles. The maximum atomic E-state index is 11.7. The standard InChI is InChI=1S/C9H16F3NO2/c1-7(2)6-15-5-3-4-13-8(14)9(10,11)12/h7H,3-6H2,1-2H3,(H,13,14). The smallest absolute Gasteiger partial charge is 0.381 e. The zero-order valence-electron chi connectivity index (χ0n) is 8.86. The lowest BCUT2D eigenvalue weighted by Gasteiger charge is -2.08. The van der Waals surface area contributed by atoms with Crippen molar-refractivity contribution in [1.82, 2.24) is 5.32 Å². The van der Waals surface area contributed by atoms with E-state index in [1.165, 1.54) is 0 Å². The minimum atomic E-state index is -4.79. The van der Waals surface area contributed by atoms with Crippen LogP contribution >= 0.6 is 0 Å². The lowest BCUT2D eigenvalue weighted by Crippen LogP contribution is -2.37. The molecule has 0 fully saturated rings. The molecule has 0 radical (unpaired) electrons. The Hall–Kier alpha value is -0.780. The summed E-state index contributed by atoms with van der Waals surface area (Å²) in [5, 5.41) is 1.77. The fraction of sp³-hybridized carbons (Fsp3) is 0.889. The summed E-state index contributed by atoms with van der Waals surface area (Å²) in [7, 11) is 0. The predicted octanol–water partition coefficient (Wildman–Crippen LogP) is 1.73. The molecule has 0 rings (SSSR count). The van der Waals surface area contributed by atoms with Gasteiger partial charge in [-0.05, 0) is 12.3 Å². The van der Waals surface area contributed by atoms with Gasteiger partial charge in [0.05, 0.1) is 0 Å². The van der Waals surface area contributed by atoms with Crippen LogP contribution in [0, 0.1) is 5.92 Å². The summed E-state index contributed by atoms with van der Waals surface area (Å²) in [5.41, 5.74) is 0. The molecule has 6 heteroatoms. The first-order valence-electron chi connectivity index (χ1n) is 4.76. The lowest BCUT2D eigenvalue weighted by molar-refractivity contribution is -0.173. The highest BCUT2D eigenvalue weighted by molar-refractivity contribution is 5.81. The van der Waals surface area contributed by atoms with Crippen LogP contribution in [-0.4, -0.2) is 31.8 Å². The molecule has 0 unspecified atom stereocenters. The molecule has 1 amide bonds. The molecule has 0 heterocycles. The lowest BCUT2D eigenvalue weighted by atomic mass is 10.2. The largest absolute Gasteiger partial charge is 0.471 e. The number of hydrogen-bond acceptors (Lipinski definition) is 2. The summed E-state index contributed by atoms with van der Waals surface area (Å²) in [4.78, 5) is 10.3. The van der Waals surface area contributed by atoms with E-state index < -0.39 is 12.1 Å². The third-order valence-electron chi connectivity index (χ3n) is 1.46. The van der Waals surface area contributed by atoms with Crippen LogP contribution in [0.4, 0.5) is 13.2 Å². The summed E-state index contributed by atoms with van der Waals surface area (Å²) in [6.45, 7) is 4.87. The second-order valence-corrected chi connectivity index (χ2v) is 3.58.